The van der Waals surface area contributed by atoms with Crippen LogP contribution in [0.5, 0.6) is 0 Å². The molecular weight excluding hydrogens is 226 g/mol. The molecule has 2 atom stereocenters. The van der Waals surface area contributed by atoms with Crippen LogP contribution in [0, 0.1) is 0 Å². The van der Waals surface area contributed by atoms with Crippen molar-refractivity contribution in [2.45, 2.75) is 45.1 Å². The van der Waals surface area contributed by atoms with Crippen molar-refractivity contribution in [3.63, 3.8) is 0 Å². The first-order valence-electron chi connectivity index (χ1n) is 6.35. The molecule has 0 heterocycles. The highest BCUT2D eigenvalue weighted by Gasteiger charge is 2.33. The Morgan fingerprint density at radius 1 is 1.39 bits per heavy atom. The molecule has 0 radical (unpaired) electrons. The predicted molar refractivity (Wildman–Crippen MR) is 73.5 cm³/mol. The van der Waals surface area contributed by atoms with Crippen LogP contribution in [0.4, 0.5) is 0 Å². The molecule has 0 bridgehead atoms. The lowest BCUT2D eigenvalue weighted by Crippen LogP contribution is -2.42. The zero-order chi connectivity index (χ0) is 13.8. The van der Waals surface area contributed by atoms with Crippen molar-refractivity contribution in [2.75, 3.05) is 7.11 Å². The van der Waals surface area contributed by atoms with Gasteiger partial charge in [-0.1, -0.05) is 38.1 Å². The summed E-state index contributed by atoms with van der Waals surface area (Å²) >= 11 is 0. The van der Waals surface area contributed by atoms with E-state index in [9.17, 15) is 4.79 Å². The van der Waals surface area contributed by atoms with Crippen LogP contribution in [0.25, 0.3) is 0 Å². The maximum absolute atomic E-state index is 11.6. The van der Waals surface area contributed by atoms with E-state index in [0.29, 0.717) is 6.42 Å². The molecule has 1 aromatic rings. The normalized spacial score (nSPS) is 15.8. The first kappa shape index (κ1) is 14.7. The van der Waals surface area contributed by atoms with E-state index in [1.54, 1.807) is 0 Å². The smallest absolute Gasteiger partial charge is 0.306 e. The van der Waals surface area contributed by atoms with Crippen molar-refractivity contribution in [2.24, 2.45) is 5.73 Å². The molecule has 18 heavy (non-hydrogen) atoms. The summed E-state index contributed by atoms with van der Waals surface area (Å²) in [6.07, 6.45) is 1.30. The van der Waals surface area contributed by atoms with Gasteiger partial charge in [-0.3, -0.25) is 4.79 Å². The Morgan fingerprint density at radius 2 is 1.94 bits per heavy atom. The minimum atomic E-state index is -0.390. The maximum atomic E-state index is 11.6. The molecule has 100 valence electrons. The number of hydrogen-bond donors (Lipinski definition) is 1. The molecule has 1 aromatic carbocycles. The van der Waals surface area contributed by atoms with Crippen molar-refractivity contribution in [3.8, 4) is 0 Å². The number of ether oxygens (including phenoxy) is 1. The minimum Gasteiger partial charge on any atom is -0.469 e. The zero-order valence-corrected chi connectivity index (χ0v) is 11.7. The Kier molecular flexibility index (Phi) is 4.91. The van der Waals surface area contributed by atoms with E-state index in [1.807, 2.05) is 13.8 Å². The molecule has 3 nitrogen and oxygen atoms in total. The van der Waals surface area contributed by atoms with Crippen LogP contribution in [0.2, 0.25) is 0 Å². The summed E-state index contributed by atoms with van der Waals surface area (Å²) in [5, 5.41) is 0. The van der Waals surface area contributed by atoms with E-state index in [2.05, 4.69) is 31.2 Å². The lowest BCUT2D eigenvalue weighted by Gasteiger charge is -2.33. The van der Waals surface area contributed by atoms with Crippen molar-refractivity contribution in [1.82, 2.24) is 0 Å². The fourth-order valence-electron chi connectivity index (χ4n) is 2.02. The number of rotatable bonds is 5. The zero-order valence-electron chi connectivity index (χ0n) is 11.7. The number of esters is 1. The molecule has 0 fully saturated rings. The van der Waals surface area contributed by atoms with Gasteiger partial charge in [-0.25, -0.2) is 0 Å². The summed E-state index contributed by atoms with van der Waals surface area (Å²) in [6.45, 7) is 6.06. The SMILES string of the molecule is CCc1ccc(C(C)(CC(=O)OC)C(C)N)cc1. The Labute approximate surface area is 109 Å². The van der Waals surface area contributed by atoms with E-state index >= 15 is 0 Å². The topological polar surface area (TPSA) is 52.3 Å². The van der Waals surface area contributed by atoms with Crippen LogP contribution in [-0.4, -0.2) is 19.1 Å². The second-order valence-corrected chi connectivity index (χ2v) is 5.01. The molecule has 3 heteroatoms. The Morgan fingerprint density at radius 3 is 2.33 bits per heavy atom. The van der Waals surface area contributed by atoms with Gasteiger partial charge in [0, 0.05) is 11.5 Å². The molecule has 0 spiro atoms. The molecule has 0 aliphatic heterocycles. The summed E-state index contributed by atoms with van der Waals surface area (Å²) in [5.74, 6) is -0.227. The van der Waals surface area contributed by atoms with E-state index in [0.717, 1.165) is 12.0 Å². The van der Waals surface area contributed by atoms with Crippen LogP contribution in [0.15, 0.2) is 24.3 Å². The number of methoxy groups -OCH3 is 1. The fraction of sp³-hybridized carbons (Fsp3) is 0.533. The molecule has 0 saturated heterocycles. The number of hydrogen-bond acceptors (Lipinski definition) is 3. The molecule has 0 saturated carbocycles. The summed E-state index contributed by atoms with van der Waals surface area (Å²) in [6, 6.07) is 8.18. The maximum Gasteiger partial charge on any atom is 0.306 e. The third-order valence-electron chi connectivity index (χ3n) is 3.77. The fourth-order valence-corrected chi connectivity index (χ4v) is 2.02. The van der Waals surface area contributed by atoms with Crippen LogP contribution in [0.1, 0.15) is 38.3 Å². The van der Waals surface area contributed by atoms with Gasteiger partial charge in [0.15, 0.2) is 0 Å². The van der Waals surface area contributed by atoms with Gasteiger partial charge < -0.3 is 10.5 Å². The first-order chi connectivity index (χ1) is 8.43. The Balaban J connectivity index is 3.06. The highest BCUT2D eigenvalue weighted by molar-refractivity contribution is 5.71. The highest BCUT2D eigenvalue weighted by atomic mass is 16.5. The Bertz CT molecular complexity index is 397. The van der Waals surface area contributed by atoms with Gasteiger partial charge >= 0.3 is 5.97 Å². The van der Waals surface area contributed by atoms with Gasteiger partial charge in [0.05, 0.1) is 13.5 Å². The largest absolute Gasteiger partial charge is 0.469 e. The van der Waals surface area contributed by atoms with Crippen molar-refractivity contribution in [1.29, 1.82) is 0 Å². The van der Waals surface area contributed by atoms with Crippen molar-refractivity contribution in [3.05, 3.63) is 35.4 Å². The molecular formula is C15H23NO2. The first-order valence-corrected chi connectivity index (χ1v) is 6.35. The minimum absolute atomic E-state index is 0.121. The summed E-state index contributed by atoms with van der Waals surface area (Å²) < 4.78 is 4.77. The summed E-state index contributed by atoms with van der Waals surface area (Å²) in [4.78, 5) is 11.6. The van der Waals surface area contributed by atoms with Gasteiger partial charge in [-0.2, -0.15) is 0 Å². The number of carbonyl (C=O) groups excluding carboxylic acids is 1. The predicted octanol–water partition coefficient (Wildman–Crippen LogP) is 2.42. The number of benzene rings is 1. The molecule has 0 amide bonds. The summed E-state index contributed by atoms with van der Waals surface area (Å²) in [5.41, 5.74) is 8.04. The second-order valence-electron chi connectivity index (χ2n) is 5.01. The third-order valence-corrected chi connectivity index (χ3v) is 3.77. The molecule has 0 aliphatic rings. The van der Waals surface area contributed by atoms with Crippen LogP contribution >= 0.6 is 0 Å². The monoisotopic (exact) mass is 249 g/mol. The summed E-state index contributed by atoms with van der Waals surface area (Å²) in [7, 11) is 1.41. The van der Waals surface area contributed by atoms with E-state index in [4.69, 9.17) is 10.5 Å². The average Bonchev–Trinajstić information content (AvgIpc) is 2.38. The second kappa shape index (κ2) is 6.01. The van der Waals surface area contributed by atoms with Gasteiger partial charge in [0.1, 0.15) is 0 Å². The Hall–Kier alpha value is -1.35. The quantitative estimate of drug-likeness (QED) is 0.815. The number of aryl methyl sites for hydroxylation is 1. The third kappa shape index (κ3) is 3.10. The van der Waals surface area contributed by atoms with E-state index in [-0.39, 0.29) is 17.4 Å². The van der Waals surface area contributed by atoms with Crippen molar-refractivity contribution < 1.29 is 9.53 Å². The lowest BCUT2D eigenvalue weighted by molar-refractivity contribution is -0.142. The standard InChI is InChI=1S/C15H23NO2/c1-5-12-6-8-13(9-7-12)15(3,11(2)16)10-14(17)18-4/h6-9,11H,5,10,16H2,1-4H3. The van der Waals surface area contributed by atoms with Gasteiger partial charge in [0.25, 0.3) is 0 Å². The average molecular weight is 249 g/mol. The van der Waals surface area contributed by atoms with E-state index in [1.165, 1.54) is 12.7 Å². The van der Waals surface area contributed by atoms with Gasteiger partial charge in [-0.15, -0.1) is 0 Å². The molecule has 1 rings (SSSR count). The number of carbonyl (C=O) groups is 1. The molecule has 0 aromatic heterocycles. The van der Waals surface area contributed by atoms with E-state index < -0.39 is 0 Å². The molecule has 2 N–H and O–H groups in total. The lowest BCUT2D eigenvalue weighted by atomic mass is 9.74. The van der Waals surface area contributed by atoms with Gasteiger partial charge in [-0.05, 0) is 24.5 Å². The highest BCUT2D eigenvalue weighted by Crippen LogP contribution is 2.31. The molecule has 0 aliphatic carbocycles. The number of nitrogens with two attached hydrogens (primary N) is 1. The van der Waals surface area contributed by atoms with Crippen LogP contribution in [-0.2, 0) is 21.4 Å². The van der Waals surface area contributed by atoms with Crippen LogP contribution in [0.3, 0.4) is 0 Å². The molecule has 2 unspecified atom stereocenters. The van der Waals surface area contributed by atoms with Crippen molar-refractivity contribution >= 4 is 5.97 Å². The van der Waals surface area contributed by atoms with Crippen LogP contribution < -0.4 is 5.73 Å². The van der Waals surface area contributed by atoms with Gasteiger partial charge in [0.2, 0.25) is 0 Å².